The number of alkyl carbamates (subject to hydrolysis) is 1. The number of carbonyl (C=O) groups is 3. The van der Waals surface area contributed by atoms with Gasteiger partial charge in [-0.05, 0) is 50.8 Å². The summed E-state index contributed by atoms with van der Waals surface area (Å²) in [6.07, 6.45) is 0.0202. The first-order valence-corrected chi connectivity index (χ1v) is 11.9. The van der Waals surface area contributed by atoms with Gasteiger partial charge in [-0.25, -0.2) is 4.79 Å². The number of hydrogen-bond acceptors (Lipinski definition) is 5. The topological polar surface area (TPSA) is 108 Å². The van der Waals surface area contributed by atoms with Crippen LogP contribution in [0, 0.1) is 0 Å². The van der Waals surface area contributed by atoms with E-state index in [1.807, 2.05) is 61.5 Å². The van der Waals surface area contributed by atoms with Gasteiger partial charge in [0.1, 0.15) is 17.7 Å². The molecule has 3 amide bonds. The molecule has 0 saturated carbocycles. The summed E-state index contributed by atoms with van der Waals surface area (Å²) in [5.41, 5.74) is 1.90. The van der Waals surface area contributed by atoms with Crippen LogP contribution >= 0.6 is 0 Å². The number of ether oxygens (including phenoxy) is 1. The van der Waals surface area contributed by atoms with Gasteiger partial charge in [0.05, 0.1) is 6.61 Å². The zero-order chi connectivity index (χ0) is 26.0. The zero-order valence-electron chi connectivity index (χ0n) is 21.2. The van der Waals surface area contributed by atoms with Crippen LogP contribution in [0.3, 0.4) is 0 Å². The van der Waals surface area contributed by atoms with Gasteiger partial charge >= 0.3 is 6.09 Å². The monoisotopic (exact) mass is 483 g/mol. The van der Waals surface area contributed by atoms with Gasteiger partial charge in [-0.3, -0.25) is 9.59 Å². The summed E-state index contributed by atoms with van der Waals surface area (Å²) >= 11 is 0. The van der Waals surface area contributed by atoms with Gasteiger partial charge in [-0.15, -0.1) is 0 Å². The molecule has 2 aromatic carbocycles. The van der Waals surface area contributed by atoms with Crippen LogP contribution in [0.15, 0.2) is 54.6 Å². The normalized spacial score (nSPS) is 12.9. The van der Waals surface area contributed by atoms with Gasteiger partial charge in [0.25, 0.3) is 0 Å². The number of carbonyl (C=O) groups excluding carboxylic acids is 3. The smallest absolute Gasteiger partial charge is 0.408 e. The molecule has 3 N–H and O–H groups in total. The van der Waals surface area contributed by atoms with Crippen molar-refractivity contribution in [2.45, 2.75) is 65.3 Å². The van der Waals surface area contributed by atoms with E-state index in [-0.39, 0.29) is 12.5 Å². The van der Waals surface area contributed by atoms with Gasteiger partial charge < -0.3 is 25.4 Å². The second kappa shape index (κ2) is 12.9. The van der Waals surface area contributed by atoms with Crippen molar-refractivity contribution in [2.75, 3.05) is 13.2 Å². The minimum Gasteiger partial charge on any atom is -0.444 e. The molecule has 0 aliphatic rings. The van der Waals surface area contributed by atoms with E-state index < -0.39 is 36.3 Å². The second-order valence-corrected chi connectivity index (χ2v) is 9.21. The molecule has 0 aromatic heterocycles. The lowest BCUT2D eigenvalue weighted by Gasteiger charge is -2.33. The largest absolute Gasteiger partial charge is 0.444 e. The first-order chi connectivity index (χ1) is 16.6. The maximum Gasteiger partial charge on any atom is 0.408 e. The highest BCUT2D eigenvalue weighted by Gasteiger charge is 2.35. The van der Waals surface area contributed by atoms with Crippen LogP contribution < -0.4 is 10.6 Å². The minimum atomic E-state index is -1.26. The number of nitrogens with one attached hydrogen (secondary N) is 2. The number of nitrogens with zero attached hydrogens (tertiary/aromatic N) is 1. The Morgan fingerprint density at radius 3 is 2.11 bits per heavy atom. The molecule has 0 spiro atoms. The van der Waals surface area contributed by atoms with Crippen LogP contribution in [0.4, 0.5) is 4.79 Å². The molecule has 0 aliphatic carbocycles. The van der Waals surface area contributed by atoms with Gasteiger partial charge in [0.15, 0.2) is 0 Å². The van der Waals surface area contributed by atoms with Crippen LogP contribution in [0.2, 0.25) is 0 Å². The van der Waals surface area contributed by atoms with Crippen molar-refractivity contribution < 1.29 is 24.2 Å². The molecule has 0 fully saturated rings. The Bertz CT molecular complexity index is 971. The number of aliphatic hydroxyl groups is 1. The van der Waals surface area contributed by atoms with Crippen LogP contribution in [-0.2, 0) is 27.3 Å². The number of hydrogen-bond donors (Lipinski definition) is 3. The summed E-state index contributed by atoms with van der Waals surface area (Å²) in [5.74, 6) is -0.942. The Morgan fingerprint density at radius 2 is 1.60 bits per heavy atom. The summed E-state index contributed by atoms with van der Waals surface area (Å²) in [6, 6.07) is 14.8. The zero-order valence-corrected chi connectivity index (χ0v) is 21.2. The molecule has 0 radical (unpaired) electrons. The molecule has 0 saturated heterocycles. The number of aliphatic hydroxyl groups excluding tert-OH is 1. The van der Waals surface area contributed by atoms with E-state index in [2.05, 4.69) is 10.6 Å². The summed E-state index contributed by atoms with van der Waals surface area (Å²) in [5, 5.41) is 15.2. The van der Waals surface area contributed by atoms with E-state index in [9.17, 15) is 19.5 Å². The summed E-state index contributed by atoms with van der Waals surface area (Å²) in [7, 11) is 0. The second-order valence-electron chi connectivity index (χ2n) is 9.21. The lowest BCUT2D eigenvalue weighted by atomic mass is 10.0. The Balaban J connectivity index is 2.32. The lowest BCUT2D eigenvalue weighted by Crippen LogP contribution is -2.54. The molecule has 8 nitrogen and oxygen atoms in total. The number of benzene rings is 2. The fourth-order valence-electron chi connectivity index (χ4n) is 3.59. The quantitative estimate of drug-likeness (QED) is 0.480. The Labute approximate surface area is 207 Å². The molecule has 190 valence electrons. The Hall–Kier alpha value is -3.39. The standard InChI is InChI=1S/C27H37N3O5/c1-6-19-13-15-21(16-14-19)23(24(32)28-17-20-11-9-8-10-12-20)30(7-2)25(33)22(18-31)29-26(34)35-27(3,4)5/h8-16,22-23,31H,6-7,17-18H2,1-5H3,(H,28,32)(H,29,34). The van der Waals surface area contributed by atoms with Gasteiger partial charge in [0, 0.05) is 13.1 Å². The molecule has 2 rings (SSSR count). The maximum atomic E-state index is 13.4. The molecule has 2 atom stereocenters. The molecule has 2 aromatic rings. The van der Waals surface area contributed by atoms with E-state index in [0.29, 0.717) is 12.1 Å². The molecule has 2 unspecified atom stereocenters. The van der Waals surface area contributed by atoms with E-state index in [1.54, 1.807) is 27.7 Å². The van der Waals surface area contributed by atoms with Crippen LogP contribution in [-0.4, -0.2) is 52.7 Å². The third kappa shape index (κ3) is 8.40. The first-order valence-electron chi connectivity index (χ1n) is 11.9. The van der Waals surface area contributed by atoms with E-state index in [0.717, 1.165) is 17.5 Å². The molecule has 35 heavy (non-hydrogen) atoms. The van der Waals surface area contributed by atoms with Crippen LogP contribution in [0.5, 0.6) is 0 Å². The lowest BCUT2D eigenvalue weighted by molar-refractivity contribution is -0.143. The van der Waals surface area contributed by atoms with Gasteiger partial charge in [0.2, 0.25) is 11.8 Å². The molecule has 0 aliphatic heterocycles. The predicted octanol–water partition coefficient (Wildman–Crippen LogP) is 3.34. The van der Waals surface area contributed by atoms with Crippen molar-refractivity contribution in [1.29, 1.82) is 0 Å². The van der Waals surface area contributed by atoms with Crippen molar-refractivity contribution in [2.24, 2.45) is 0 Å². The minimum absolute atomic E-state index is 0.185. The molecule has 0 bridgehead atoms. The number of likely N-dealkylation sites (N-methyl/N-ethyl adjacent to an activating group) is 1. The number of rotatable bonds is 10. The Kier molecular flexibility index (Phi) is 10.3. The molecular weight excluding hydrogens is 446 g/mol. The van der Waals surface area contributed by atoms with Crippen molar-refractivity contribution >= 4 is 17.9 Å². The average Bonchev–Trinajstić information content (AvgIpc) is 2.83. The van der Waals surface area contributed by atoms with E-state index >= 15 is 0 Å². The van der Waals surface area contributed by atoms with Crippen molar-refractivity contribution in [3.8, 4) is 0 Å². The highest BCUT2D eigenvalue weighted by molar-refractivity contribution is 5.92. The predicted molar refractivity (Wildman–Crippen MR) is 134 cm³/mol. The van der Waals surface area contributed by atoms with Crippen LogP contribution in [0.1, 0.15) is 57.4 Å². The fourth-order valence-corrected chi connectivity index (χ4v) is 3.59. The number of aryl methyl sites for hydroxylation is 1. The SMILES string of the molecule is CCc1ccc(C(C(=O)NCc2ccccc2)N(CC)C(=O)C(CO)NC(=O)OC(C)(C)C)cc1. The summed E-state index contributed by atoms with van der Waals surface area (Å²) in [6.45, 7) is 8.74. The summed E-state index contributed by atoms with van der Waals surface area (Å²) < 4.78 is 5.23. The van der Waals surface area contributed by atoms with Crippen molar-refractivity contribution in [3.63, 3.8) is 0 Å². The highest BCUT2D eigenvalue weighted by Crippen LogP contribution is 2.23. The molecule has 8 heteroatoms. The van der Waals surface area contributed by atoms with E-state index in [4.69, 9.17) is 4.74 Å². The number of amides is 3. The molecular formula is C27H37N3O5. The molecule has 0 heterocycles. The van der Waals surface area contributed by atoms with Gasteiger partial charge in [-0.1, -0.05) is 61.5 Å². The Morgan fingerprint density at radius 1 is 0.971 bits per heavy atom. The maximum absolute atomic E-state index is 13.4. The summed E-state index contributed by atoms with van der Waals surface area (Å²) in [4.78, 5) is 40.5. The van der Waals surface area contributed by atoms with E-state index in [1.165, 1.54) is 4.90 Å². The van der Waals surface area contributed by atoms with Gasteiger partial charge in [-0.2, -0.15) is 0 Å². The highest BCUT2D eigenvalue weighted by atomic mass is 16.6. The fraction of sp³-hybridized carbons (Fsp3) is 0.444. The average molecular weight is 484 g/mol. The third-order valence-corrected chi connectivity index (χ3v) is 5.37. The van der Waals surface area contributed by atoms with Crippen LogP contribution in [0.25, 0.3) is 0 Å². The third-order valence-electron chi connectivity index (χ3n) is 5.37. The first kappa shape index (κ1) is 27.9. The van der Waals surface area contributed by atoms with Crippen molar-refractivity contribution in [1.82, 2.24) is 15.5 Å². The van der Waals surface area contributed by atoms with Crippen molar-refractivity contribution in [3.05, 3.63) is 71.3 Å².